The van der Waals surface area contributed by atoms with Crippen LogP contribution < -0.4 is 4.72 Å². The molecule has 0 radical (unpaired) electrons. The number of carbonyl (C=O) groups is 1. The van der Waals surface area contributed by atoms with Gasteiger partial charge in [-0.05, 0) is 6.92 Å². The predicted molar refractivity (Wildman–Crippen MR) is 27.6 cm³/mol. The summed E-state index contributed by atoms with van der Waals surface area (Å²) in [5.74, 6) is 0. The predicted octanol–water partition coefficient (Wildman–Crippen LogP) is 0.00820. The minimum Gasteiger partial charge on any atom is -0.302 e. The highest BCUT2D eigenvalue weighted by molar-refractivity contribution is 7.78. The molecule has 0 saturated heterocycles. The minimum atomic E-state index is -0.131. The lowest BCUT2D eigenvalue weighted by molar-refractivity contribution is -0.108. The van der Waals surface area contributed by atoms with E-state index in [9.17, 15) is 4.79 Å². The van der Waals surface area contributed by atoms with E-state index < -0.39 is 0 Å². The molecule has 0 fully saturated rings. The number of nitrogens with one attached hydrogen (secondary N) is 1. The van der Waals surface area contributed by atoms with Crippen molar-refractivity contribution < 1.29 is 4.79 Å². The highest BCUT2D eigenvalue weighted by Gasteiger charge is 1.87. The lowest BCUT2D eigenvalue weighted by Crippen LogP contribution is -2.16. The average molecular weight is 105 g/mol. The Morgan fingerprint density at radius 3 is 2.50 bits per heavy atom. The smallest absolute Gasteiger partial charge is 0.137 e. The zero-order valence-electron chi connectivity index (χ0n) is 3.51. The van der Waals surface area contributed by atoms with Gasteiger partial charge in [-0.25, -0.2) is 0 Å². The number of hydrogen-bond donors (Lipinski definition) is 2. The maximum Gasteiger partial charge on any atom is 0.137 e. The first-order valence-corrected chi connectivity index (χ1v) is 2.11. The van der Waals surface area contributed by atoms with Crippen LogP contribution in [0.1, 0.15) is 6.92 Å². The van der Waals surface area contributed by atoms with E-state index in [0.29, 0.717) is 0 Å². The fourth-order valence-corrected chi connectivity index (χ4v) is 0.0913. The second-order valence-corrected chi connectivity index (χ2v) is 1.31. The molecule has 0 aromatic carbocycles. The maximum atomic E-state index is 9.62. The third-order valence-corrected chi connectivity index (χ3v) is 0.815. The highest BCUT2D eigenvalue weighted by Crippen LogP contribution is 1.71. The van der Waals surface area contributed by atoms with Gasteiger partial charge in [-0.3, -0.25) is 4.72 Å². The van der Waals surface area contributed by atoms with Crippen molar-refractivity contribution in [2.75, 3.05) is 0 Å². The first kappa shape index (κ1) is 5.98. The van der Waals surface area contributed by atoms with Gasteiger partial charge in [-0.15, -0.1) is 0 Å². The molecule has 0 aromatic heterocycles. The lowest BCUT2D eigenvalue weighted by Gasteiger charge is -1.92. The molecule has 6 heavy (non-hydrogen) atoms. The van der Waals surface area contributed by atoms with E-state index in [2.05, 4.69) is 17.5 Å². The Morgan fingerprint density at radius 2 is 2.50 bits per heavy atom. The summed E-state index contributed by atoms with van der Waals surface area (Å²) in [4.78, 5) is 9.62. The van der Waals surface area contributed by atoms with Gasteiger partial charge in [0, 0.05) is 0 Å². The van der Waals surface area contributed by atoms with Crippen LogP contribution in [-0.2, 0) is 4.79 Å². The molecular weight excluding hydrogens is 98.1 g/mol. The molecule has 0 saturated carbocycles. The number of aldehydes is 1. The van der Waals surface area contributed by atoms with Crippen LogP contribution in [0.5, 0.6) is 0 Å². The zero-order chi connectivity index (χ0) is 4.99. The fourth-order valence-electron chi connectivity index (χ4n) is 0.0304. The van der Waals surface area contributed by atoms with E-state index in [1.165, 1.54) is 0 Å². The fraction of sp³-hybridized carbons (Fsp3) is 0.667. The van der Waals surface area contributed by atoms with E-state index in [4.69, 9.17) is 0 Å². The topological polar surface area (TPSA) is 29.1 Å². The summed E-state index contributed by atoms with van der Waals surface area (Å²) < 4.78 is 2.44. The van der Waals surface area contributed by atoms with Crippen LogP contribution in [-0.4, -0.2) is 12.3 Å². The van der Waals surface area contributed by atoms with Crippen LogP contribution in [0, 0.1) is 0 Å². The summed E-state index contributed by atoms with van der Waals surface area (Å²) in [6, 6.07) is -0.131. The van der Waals surface area contributed by atoms with Crippen molar-refractivity contribution >= 4 is 19.1 Å². The molecule has 0 rings (SSSR count). The molecule has 0 aliphatic heterocycles. The first-order valence-electron chi connectivity index (χ1n) is 1.66. The molecule has 2 nitrogen and oxygen atoms in total. The molecule has 3 heteroatoms. The van der Waals surface area contributed by atoms with Crippen molar-refractivity contribution in [3.05, 3.63) is 0 Å². The number of rotatable bonds is 2. The third-order valence-electron chi connectivity index (χ3n) is 0.408. The molecule has 0 unspecified atom stereocenters. The van der Waals surface area contributed by atoms with Crippen LogP contribution >= 0.6 is 12.8 Å². The van der Waals surface area contributed by atoms with E-state index in [1.807, 2.05) is 0 Å². The maximum absolute atomic E-state index is 9.62. The van der Waals surface area contributed by atoms with Crippen molar-refractivity contribution in [3.8, 4) is 0 Å². The summed E-state index contributed by atoms with van der Waals surface area (Å²) in [6.07, 6.45) is 0.785. The Bertz CT molecular complexity index is 48.1. The number of thiol groups is 1. The van der Waals surface area contributed by atoms with E-state index in [1.54, 1.807) is 6.92 Å². The Hall–Kier alpha value is -0.0200. The monoisotopic (exact) mass is 105 g/mol. The Balaban J connectivity index is 2.96. The van der Waals surface area contributed by atoms with Gasteiger partial charge in [-0.2, -0.15) is 0 Å². The average Bonchev–Trinajstić information content (AvgIpc) is 1.65. The third kappa shape index (κ3) is 2.23. The van der Waals surface area contributed by atoms with Gasteiger partial charge in [0.1, 0.15) is 6.29 Å². The van der Waals surface area contributed by atoms with E-state index in [0.717, 1.165) is 6.29 Å². The first-order chi connectivity index (χ1) is 2.81. The highest BCUT2D eigenvalue weighted by atomic mass is 32.1. The molecule has 0 aliphatic carbocycles. The zero-order valence-corrected chi connectivity index (χ0v) is 4.40. The quantitative estimate of drug-likeness (QED) is 0.382. The van der Waals surface area contributed by atoms with E-state index in [-0.39, 0.29) is 6.04 Å². The lowest BCUT2D eigenvalue weighted by atomic mass is 10.4. The SMILES string of the molecule is C[C@@H](C=O)NS. The van der Waals surface area contributed by atoms with Gasteiger partial charge >= 0.3 is 0 Å². The Labute approximate surface area is 42.5 Å². The molecule has 0 aliphatic rings. The van der Waals surface area contributed by atoms with Gasteiger partial charge in [0.25, 0.3) is 0 Å². The largest absolute Gasteiger partial charge is 0.302 e. The van der Waals surface area contributed by atoms with Gasteiger partial charge < -0.3 is 4.79 Å². The second kappa shape index (κ2) is 3.18. The molecule has 1 N–H and O–H groups in total. The van der Waals surface area contributed by atoms with Crippen molar-refractivity contribution in [3.63, 3.8) is 0 Å². The summed E-state index contributed by atoms with van der Waals surface area (Å²) in [5.41, 5.74) is 0. The molecular formula is C3H7NOS. The van der Waals surface area contributed by atoms with E-state index >= 15 is 0 Å². The Kier molecular flexibility index (Phi) is 3.17. The van der Waals surface area contributed by atoms with Crippen LogP contribution in [0.3, 0.4) is 0 Å². The molecule has 0 spiro atoms. The summed E-state index contributed by atoms with van der Waals surface area (Å²) in [5, 5.41) is 0. The van der Waals surface area contributed by atoms with Crippen molar-refractivity contribution in [1.29, 1.82) is 0 Å². The van der Waals surface area contributed by atoms with Crippen molar-refractivity contribution in [2.45, 2.75) is 13.0 Å². The van der Waals surface area contributed by atoms with Crippen LogP contribution in [0.4, 0.5) is 0 Å². The number of hydrogen-bond acceptors (Lipinski definition) is 3. The van der Waals surface area contributed by atoms with Crippen LogP contribution in [0.15, 0.2) is 0 Å². The van der Waals surface area contributed by atoms with Crippen LogP contribution in [0.25, 0.3) is 0 Å². The second-order valence-electron chi connectivity index (χ2n) is 1.05. The molecule has 0 heterocycles. The number of carbonyl (C=O) groups excluding carboxylic acids is 1. The van der Waals surface area contributed by atoms with Gasteiger partial charge in [0.15, 0.2) is 0 Å². The Morgan fingerprint density at radius 1 is 2.00 bits per heavy atom. The molecule has 36 valence electrons. The molecule has 0 amide bonds. The summed E-state index contributed by atoms with van der Waals surface area (Å²) in [7, 11) is 0. The summed E-state index contributed by atoms with van der Waals surface area (Å²) in [6.45, 7) is 1.72. The summed E-state index contributed by atoms with van der Waals surface area (Å²) >= 11 is 3.61. The molecule has 0 bridgehead atoms. The standard InChI is InChI=1S/C3H7NOS/c1-3(2-5)4-6/h2-4,6H,1H3/t3-/m0/s1. The van der Waals surface area contributed by atoms with Gasteiger partial charge in [0.05, 0.1) is 6.04 Å². The molecule has 1 atom stereocenters. The van der Waals surface area contributed by atoms with Crippen molar-refractivity contribution in [2.24, 2.45) is 0 Å². The van der Waals surface area contributed by atoms with Crippen molar-refractivity contribution in [1.82, 2.24) is 4.72 Å². The van der Waals surface area contributed by atoms with Gasteiger partial charge in [-0.1, -0.05) is 12.8 Å². The molecule has 0 aromatic rings. The normalized spacial score (nSPS) is 13.7. The van der Waals surface area contributed by atoms with Crippen LogP contribution in [0.2, 0.25) is 0 Å². The van der Waals surface area contributed by atoms with Gasteiger partial charge in [0.2, 0.25) is 0 Å². The minimum absolute atomic E-state index is 0.131.